The molecule has 0 radical (unpaired) electrons. The fourth-order valence-electron chi connectivity index (χ4n) is 2.59. The average molecular weight is 386 g/mol. The van der Waals surface area contributed by atoms with Gasteiger partial charge in [-0.2, -0.15) is 0 Å². The van der Waals surface area contributed by atoms with E-state index in [1.807, 2.05) is 54.6 Å². The molecule has 0 aliphatic carbocycles. The lowest BCUT2D eigenvalue weighted by atomic mass is 10.1. The second-order valence-corrected chi connectivity index (χ2v) is 6.43. The van der Waals surface area contributed by atoms with Crippen molar-refractivity contribution in [3.8, 4) is 17.1 Å². The summed E-state index contributed by atoms with van der Waals surface area (Å²) in [6, 6.07) is 20.3. The van der Waals surface area contributed by atoms with Crippen molar-refractivity contribution in [2.45, 2.75) is 13.0 Å². The van der Waals surface area contributed by atoms with Gasteiger partial charge in [-0.05, 0) is 48.9 Å². The van der Waals surface area contributed by atoms with E-state index in [9.17, 15) is 0 Å². The zero-order valence-electron chi connectivity index (χ0n) is 13.6. The van der Waals surface area contributed by atoms with E-state index in [-0.39, 0.29) is 0 Å². The third-order valence-electron chi connectivity index (χ3n) is 3.85. The molecule has 0 atom stereocenters. The molecule has 0 fully saturated rings. The molecule has 3 rings (SSSR count). The first kappa shape index (κ1) is 16.8. The highest BCUT2D eigenvalue weighted by molar-refractivity contribution is 9.10. The molecular weight excluding hydrogens is 366 g/mol. The molecular formula is C20H20BrNO2. The van der Waals surface area contributed by atoms with Gasteiger partial charge in [0.05, 0.1) is 13.7 Å². The van der Waals surface area contributed by atoms with Crippen molar-refractivity contribution in [3.63, 3.8) is 0 Å². The molecule has 1 heterocycles. The van der Waals surface area contributed by atoms with Gasteiger partial charge >= 0.3 is 0 Å². The van der Waals surface area contributed by atoms with E-state index in [4.69, 9.17) is 9.15 Å². The lowest BCUT2D eigenvalue weighted by Crippen LogP contribution is -2.16. The van der Waals surface area contributed by atoms with Crippen molar-refractivity contribution in [3.05, 3.63) is 76.5 Å². The highest BCUT2D eigenvalue weighted by Crippen LogP contribution is 2.24. The Morgan fingerprint density at radius 1 is 1.00 bits per heavy atom. The van der Waals surface area contributed by atoms with E-state index in [0.717, 1.165) is 40.3 Å². The summed E-state index contributed by atoms with van der Waals surface area (Å²) in [6.07, 6.45) is 0.921. The van der Waals surface area contributed by atoms with Crippen LogP contribution in [0.3, 0.4) is 0 Å². The fourth-order valence-corrected chi connectivity index (χ4v) is 2.85. The maximum absolute atomic E-state index is 5.90. The molecule has 0 spiro atoms. The van der Waals surface area contributed by atoms with Crippen LogP contribution < -0.4 is 10.1 Å². The average Bonchev–Trinajstić information content (AvgIpc) is 3.08. The molecule has 0 saturated heterocycles. The Hall–Kier alpha value is -2.04. The summed E-state index contributed by atoms with van der Waals surface area (Å²) < 4.78 is 12.3. The van der Waals surface area contributed by atoms with Crippen LogP contribution in [0.4, 0.5) is 0 Å². The van der Waals surface area contributed by atoms with Gasteiger partial charge in [0.25, 0.3) is 0 Å². The van der Waals surface area contributed by atoms with Gasteiger partial charge in [-0.25, -0.2) is 0 Å². The number of halogens is 1. The predicted molar refractivity (Wildman–Crippen MR) is 100 cm³/mol. The van der Waals surface area contributed by atoms with Gasteiger partial charge in [0.2, 0.25) is 0 Å². The summed E-state index contributed by atoms with van der Waals surface area (Å²) in [7, 11) is 1.71. The van der Waals surface area contributed by atoms with E-state index in [1.165, 1.54) is 5.56 Å². The zero-order chi connectivity index (χ0) is 16.8. The summed E-state index contributed by atoms with van der Waals surface area (Å²) in [5.74, 6) is 2.77. The van der Waals surface area contributed by atoms with Gasteiger partial charge in [0.1, 0.15) is 17.3 Å². The Labute approximate surface area is 150 Å². The minimum Gasteiger partial charge on any atom is -0.496 e. The number of methoxy groups -OCH3 is 1. The number of benzene rings is 2. The fraction of sp³-hybridized carbons (Fsp3) is 0.200. The largest absolute Gasteiger partial charge is 0.496 e. The van der Waals surface area contributed by atoms with Crippen LogP contribution in [0.15, 0.2) is 69.6 Å². The number of para-hydroxylation sites is 1. The Morgan fingerprint density at radius 3 is 2.58 bits per heavy atom. The van der Waals surface area contributed by atoms with E-state index in [2.05, 4.69) is 27.3 Å². The molecule has 24 heavy (non-hydrogen) atoms. The first-order chi connectivity index (χ1) is 11.8. The van der Waals surface area contributed by atoms with Gasteiger partial charge < -0.3 is 14.5 Å². The molecule has 2 aromatic carbocycles. The van der Waals surface area contributed by atoms with Crippen molar-refractivity contribution in [2.75, 3.05) is 13.7 Å². The van der Waals surface area contributed by atoms with Gasteiger partial charge in [0.15, 0.2) is 0 Å². The molecule has 1 N–H and O–H groups in total. The Bertz CT molecular complexity index is 780. The van der Waals surface area contributed by atoms with E-state index >= 15 is 0 Å². The van der Waals surface area contributed by atoms with Crippen LogP contribution in [0.1, 0.15) is 11.3 Å². The van der Waals surface area contributed by atoms with Crippen molar-refractivity contribution >= 4 is 15.9 Å². The highest BCUT2D eigenvalue weighted by Gasteiger charge is 2.05. The molecule has 124 valence electrons. The smallest absolute Gasteiger partial charge is 0.134 e. The zero-order valence-corrected chi connectivity index (χ0v) is 15.2. The first-order valence-corrected chi connectivity index (χ1v) is 8.73. The summed E-state index contributed by atoms with van der Waals surface area (Å²) in [4.78, 5) is 0. The Kier molecular flexibility index (Phi) is 5.72. The number of hydrogen-bond donors (Lipinski definition) is 1. The van der Waals surface area contributed by atoms with Crippen LogP contribution in [0.25, 0.3) is 11.3 Å². The minimum absolute atomic E-state index is 0.714. The van der Waals surface area contributed by atoms with Gasteiger partial charge in [-0.1, -0.05) is 46.3 Å². The molecule has 0 amide bonds. The lowest BCUT2D eigenvalue weighted by molar-refractivity contribution is 0.408. The van der Waals surface area contributed by atoms with Gasteiger partial charge in [-0.15, -0.1) is 0 Å². The summed E-state index contributed by atoms with van der Waals surface area (Å²) >= 11 is 3.45. The van der Waals surface area contributed by atoms with E-state index in [0.29, 0.717) is 6.54 Å². The van der Waals surface area contributed by atoms with Crippen LogP contribution >= 0.6 is 15.9 Å². The van der Waals surface area contributed by atoms with Crippen molar-refractivity contribution in [1.82, 2.24) is 5.32 Å². The van der Waals surface area contributed by atoms with Crippen molar-refractivity contribution < 1.29 is 9.15 Å². The molecule has 4 heteroatoms. The second-order valence-electron chi connectivity index (χ2n) is 5.51. The molecule has 0 aliphatic heterocycles. The molecule has 1 aromatic heterocycles. The number of furan rings is 1. The second kappa shape index (κ2) is 8.18. The number of ether oxygens (including phenoxy) is 1. The summed E-state index contributed by atoms with van der Waals surface area (Å²) in [6.45, 7) is 1.58. The molecule has 0 bridgehead atoms. The topological polar surface area (TPSA) is 34.4 Å². The maximum atomic E-state index is 5.90. The monoisotopic (exact) mass is 385 g/mol. The van der Waals surface area contributed by atoms with Crippen LogP contribution in [0, 0.1) is 0 Å². The van der Waals surface area contributed by atoms with Crippen LogP contribution in [-0.4, -0.2) is 13.7 Å². The van der Waals surface area contributed by atoms with Crippen molar-refractivity contribution in [1.29, 1.82) is 0 Å². The van der Waals surface area contributed by atoms with Gasteiger partial charge in [0, 0.05) is 10.0 Å². The number of nitrogens with one attached hydrogen (secondary N) is 1. The molecule has 3 aromatic rings. The Balaban J connectivity index is 1.52. The maximum Gasteiger partial charge on any atom is 0.134 e. The number of hydrogen-bond acceptors (Lipinski definition) is 3. The van der Waals surface area contributed by atoms with Crippen LogP contribution in [0.2, 0.25) is 0 Å². The van der Waals surface area contributed by atoms with Crippen molar-refractivity contribution in [2.24, 2.45) is 0 Å². The summed E-state index contributed by atoms with van der Waals surface area (Å²) in [5.41, 5.74) is 2.29. The quantitative estimate of drug-likeness (QED) is 0.577. The molecule has 0 saturated carbocycles. The lowest BCUT2D eigenvalue weighted by Gasteiger charge is -2.08. The molecule has 3 nitrogen and oxygen atoms in total. The van der Waals surface area contributed by atoms with Gasteiger partial charge in [-0.3, -0.25) is 0 Å². The highest BCUT2D eigenvalue weighted by atomic mass is 79.9. The SMILES string of the molecule is COc1ccccc1CCNCc1ccc(-c2ccc(Br)cc2)o1. The standard InChI is InChI=1S/C20H20BrNO2/c1-23-19-5-3-2-4-15(19)12-13-22-14-18-10-11-20(24-18)16-6-8-17(21)9-7-16/h2-11,22H,12-14H2,1H3. The number of rotatable bonds is 7. The third kappa shape index (κ3) is 4.28. The van der Waals surface area contributed by atoms with Crippen LogP contribution in [0.5, 0.6) is 5.75 Å². The van der Waals surface area contributed by atoms with E-state index < -0.39 is 0 Å². The minimum atomic E-state index is 0.714. The third-order valence-corrected chi connectivity index (χ3v) is 4.38. The summed E-state index contributed by atoms with van der Waals surface area (Å²) in [5, 5.41) is 3.42. The normalized spacial score (nSPS) is 10.8. The Morgan fingerprint density at radius 2 is 1.79 bits per heavy atom. The molecule has 0 aliphatic rings. The first-order valence-electron chi connectivity index (χ1n) is 7.93. The molecule has 0 unspecified atom stereocenters. The van der Waals surface area contributed by atoms with Crippen LogP contribution in [-0.2, 0) is 13.0 Å². The predicted octanol–water partition coefficient (Wildman–Crippen LogP) is 5.05. The van der Waals surface area contributed by atoms with E-state index in [1.54, 1.807) is 7.11 Å².